The van der Waals surface area contributed by atoms with E-state index in [1.807, 2.05) is 0 Å². The Balaban J connectivity index is 2.86. The van der Waals surface area contributed by atoms with E-state index in [-0.39, 0.29) is 5.69 Å². The molecule has 0 aliphatic heterocycles. The summed E-state index contributed by atoms with van der Waals surface area (Å²) in [5.74, 6) is -1.85. The average molecular weight is 271 g/mol. The topological polar surface area (TPSA) is 52.9 Å². The molecule has 0 heterocycles. The number of hydrogen-bond acceptors (Lipinski definition) is 2. The number of benzene rings is 1. The largest absolute Gasteiger partial charge is 0.322 e. The maximum atomic E-state index is 13.2. The highest BCUT2D eigenvalue weighted by molar-refractivity contribution is 9.10. The molecule has 3 nitrogen and oxygen atoms in total. The first-order valence-electron chi connectivity index (χ1n) is 4.20. The van der Waals surface area contributed by atoms with E-state index in [0.29, 0.717) is 4.47 Å². The minimum Gasteiger partial charge on any atom is -0.322 e. The molecule has 0 bridgehead atoms. The SMILES string of the molecule is CC(C#N)C(=O)Nc1cc(Br)ccc1F. The van der Waals surface area contributed by atoms with Crippen LogP contribution in [0.15, 0.2) is 22.7 Å². The summed E-state index contributed by atoms with van der Waals surface area (Å²) in [6, 6.07) is 5.97. The fraction of sp³-hybridized carbons (Fsp3) is 0.200. The molecule has 0 saturated carbocycles. The number of carbonyl (C=O) groups is 1. The van der Waals surface area contributed by atoms with Crippen molar-refractivity contribution in [2.45, 2.75) is 6.92 Å². The molecule has 0 aliphatic rings. The van der Waals surface area contributed by atoms with E-state index in [1.165, 1.54) is 25.1 Å². The minimum absolute atomic E-state index is 0.0662. The van der Waals surface area contributed by atoms with Crippen molar-refractivity contribution in [2.24, 2.45) is 5.92 Å². The lowest BCUT2D eigenvalue weighted by molar-refractivity contribution is -0.117. The third-order valence-corrected chi connectivity index (χ3v) is 2.27. The molecule has 1 N–H and O–H groups in total. The van der Waals surface area contributed by atoms with Gasteiger partial charge in [-0.2, -0.15) is 5.26 Å². The maximum Gasteiger partial charge on any atom is 0.241 e. The summed E-state index contributed by atoms with van der Waals surface area (Å²) in [4.78, 5) is 11.3. The van der Waals surface area contributed by atoms with Crippen molar-refractivity contribution in [1.29, 1.82) is 5.26 Å². The number of hydrogen-bond donors (Lipinski definition) is 1. The van der Waals surface area contributed by atoms with Crippen LogP contribution in [0.5, 0.6) is 0 Å². The van der Waals surface area contributed by atoms with Crippen LogP contribution >= 0.6 is 15.9 Å². The summed E-state index contributed by atoms with van der Waals surface area (Å²) in [7, 11) is 0. The van der Waals surface area contributed by atoms with Crippen molar-refractivity contribution < 1.29 is 9.18 Å². The zero-order chi connectivity index (χ0) is 11.4. The molecule has 1 atom stereocenters. The molecule has 0 spiro atoms. The summed E-state index contributed by atoms with van der Waals surface area (Å²) >= 11 is 3.16. The number of carbonyl (C=O) groups excluding carboxylic acids is 1. The van der Waals surface area contributed by atoms with E-state index < -0.39 is 17.6 Å². The van der Waals surface area contributed by atoms with Crippen LogP contribution in [0, 0.1) is 23.1 Å². The molecule has 5 heteroatoms. The molecule has 1 aromatic rings. The summed E-state index contributed by atoms with van der Waals surface area (Å²) in [5, 5.41) is 10.8. The molecule has 0 aliphatic carbocycles. The number of amides is 1. The Labute approximate surface area is 95.0 Å². The van der Waals surface area contributed by atoms with Gasteiger partial charge in [0.2, 0.25) is 5.91 Å². The molecule has 1 amide bonds. The molecule has 1 aromatic carbocycles. The van der Waals surface area contributed by atoms with Gasteiger partial charge in [0, 0.05) is 4.47 Å². The Hall–Kier alpha value is -1.41. The van der Waals surface area contributed by atoms with Gasteiger partial charge in [-0.15, -0.1) is 0 Å². The molecule has 1 rings (SSSR count). The predicted molar refractivity (Wildman–Crippen MR) is 57.5 cm³/mol. The predicted octanol–water partition coefficient (Wildman–Crippen LogP) is 2.69. The molecule has 0 saturated heterocycles. The number of anilines is 1. The average Bonchev–Trinajstić information content (AvgIpc) is 2.22. The smallest absolute Gasteiger partial charge is 0.241 e. The Kier molecular flexibility index (Phi) is 3.81. The van der Waals surface area contributed by atoms with E-state index in [4.69, 9.17) is 5.26 Å². The minimum atomic E-state index is -0.802. The number of nitrogens with zero attached hydrogens (tertiary/aromatic N) is 1. The van der Waals surface area contributed by atoms with E-state index in [0.717, 1.165) is 0 Å². The number of halogens is 2. The van der Waals surface area contributed by atoms with Crippen LogP contribution in [0.4, 0.5) is 10.1 Å². The Morgan fingerprint density at radius 1 is 1.67 bits per heavy atom. The van der Waals surface area contributed by atoms with Gasteiger partial charge in [0.25, 0.3) is 0 Å². The summed E-state index contributed by atoms with van der Waals surface area (Å²) < 4.78 is 13.8. The normalized spacial score (nSPS) is 11.6. The first-order chi connectivity index (χ1) is 7.04. The third-order valence-electron chi connectivity index (χ3n) is 1.77. The molecule has 0 radical (unpaired) electrons. The second-order valence-electron chi connectivity index (χ2n) is 2.96. The van der Waals surface area contributed by atoms with Crippen LogP contribution in [-0.4, -0.2) is 5.91 Å². The fourth-order valence-electron chi connectivity index (χ4n) is 0.893. The fourth-order valence-corrected chi connectivity index (χ4v) is 1.25. The van der Waals surface area contributed by atoms with E-state index in [2.05, 4.69) is 21.2 Å². The van der Waals surface area contributed by atoms with Gasteiger partial charge in [-0.3, -0.25) is 4.79 Å². The standard InChI is InChI=1S/C10H8BrFN2O/c1-6(5-13)10(15)14-9-4-7(11)2-3-8(9)12/h2-4,6H,1H3,(H,14,15). The van der Waals surface area contributed by atoms with Crippen molar-refractivity contribution >= 4 is 27.5 Å². The number of nitrogens with one attached hydrogen (secondary N) is 1. The van der Waals surface area contributed by atoms with Gasteiger partial charge in [-0.1, -0.05) is 15.9 Å². The van der Waals surface area contributed by atoms with Gasteiger partial charge in [0.1, 0.15) is 11.7 Å². The third kappa shape index (κ3) is 3.03. The molecule has 0 aromatic heterocycles. The van der Waals surface area contributed by atoms with Crippen molar-refractivity contribution in [3.8, 4) is 6.07 Å². The lowest BCUT2D eigenvalue weighted by Gasteiger charge is -2.07. The zero-order valence-corrected chi connectivity index (χ0v) is 9.51. The van der Waals surface area contributed by atoms with E-state index >= 15 is 0 Å². The van der Waals surface area contributed by atoms with Gasteiger partial charge >= 0.3 is 0 Å². The Bertz CT molecular complexity index is 428. The Morgan fingerprint density at radius 2 is 2.33 bits per heavy atom. The van der Waals surface area contributed by atoms with Crippen molar-refractivity contribution in [3.63, 3.8) is 0 Å². The Morgan fingerprint density at radius 3 is 2.93 bits per heavy atom. The molecule has 1 unspecified atom stereocenters. The van der Waals surface area contributed by atoms with Gasteiger partial charge in [0.05, 0.1) is 11.8 Å². The first-order valence-corrected chi connectivity index (χ1v) is 4.99. The number of nitriles is 1. The lowest BCUT2D eigenvalue weighted by atomic mass is 10.2. The molecular weight excluding hydrogens is 263 g/mol. The first kappa shape index (κ1) is 11.7. The van der Waals surface area contributed by atoms with Gasteiger partial charge < -0.3 is 5.32 Å². The summed E-state index contributed by atoms with van der Waals surface area (Å²) in [6.07, 6.45) is 0. The highest BCUT2D eigenvalue weighted by atomic mass is 79.9. The molecule has 0 fully saturated rings. The monoisotopic (exact) mass is 270 g/mol. The summed E-state index contributed by atoms with van der Waals surface area (Å²) in [6.45, 7) is 1.45. The highest BCUT2D eigenvalue weighted by Crippen LogP contribution is 2.20. The van der Waals surface area contributed by atoms with Crippen LogP contribution in [0.25, 0.3) is 0 Å². The van der Waals surface area contributed by atoms with E-state index in [9.17, 15) is 9.18 Å². The van der Waals surface area contributed by atoms with Gasteiger partial charge in [-0.25, -0.2) is 4.39 Å². The van der Waals surface area contributed by atoms with E-state index in [1.54, 1.807) is 6.07 Å². The lowest BCUT2D eigenvalue weighted by Crippen LogP contribution is -2.19. The molecule has 78 valence electrons. The van der Waals surface area contributed by atoms with Crippen molar-refractivity contribution in [3.05, 3.63) is 28.5 Å². The maximum absolute atomic E-state index is 13.2. The molecular formula is C10H8BrFN2O. The van der Waals surface area contributed by atoms with Crippen LogP contribution in [0.1, 0.15) is 6.92 Å². The van der Waals surface area contributed by atoms with Gasteiger partial charge in [-0.05, 0) is 25.1 Å². The molecule has 15 heavy (non-hydrogen) atoms. The van der Waals surface area contributed by atoms with Crippen LogP contribution in [-0.2, 0) is 4.79 Å². The van der Waals surface area contributed by atoms with Crippen LogP contribution in [0.2, 0.25) is 0 Å². The van der Waals surface area contributed by atoms with Gasteiger partial charge in [0.15, 0.2) is 0 Å². The quantitative estimate of drug-likeness (QED) is 0.899. The number of rotatable bonds is 2. The van der Waals surface area contributed by atoms with Crippen LogP contribution < -0.4 is 5.32 Å². The second-order valence-corrected chi connectivity index (χ2v) is 3.88. The highest BCUT2D eigenvalue weighted by Gasteiger charge is 2.13. The second kappa shape index (κ2) is 4.89. The summed E-state index contributed by atoms with van der Waals surface area (Å²) in [5.41, 5.74) is 0.0662. The van der Waals surface area contributed by atoms with Crippen LogP contribution in [0.3, 0.4) is 0 Å². The zero-order valence-electron chi connectivity index (χ0n) is 7.92. The van der Waals surface area contributed by atoms with Crippen molar-refractivity contribution in [2.75, 3.05) is 5.32 Å². The van der Waals surface area contributed by atoms with Crippen molar-refractivity contribution in [1.82, 2.24) is 0 Å².